The maximum atomic E-state index is 11.8. The van der Waals surface area contributed by atoms with Gasteiger partial charge in [-0.25, -0.2) is 4.79 Å². The van der Waals surface area contributed by atoms with Gasteiger partial charge in [0.15, 0.2) is 5.78 Å². The maximum Gasteiger partial charge on any atom is 0.412 e. The zero-order valence-corrected chi connectivity index (χ0v) is 10.9. The Labute approximate surface area is 101 Å². The predicted octanol–water partition coefficient (Wildman–Crippen LogP) is 0.686. The second-order valence-electron chi connectivity index (χ2n) is 4.87. The minimum atomic E-state index is -1.16. The van der Waals surface area contributed by atoms with Crippen molar-refractivity contribution in [3.05, 3.63) is 0 Å². The van der Waals surface area contributed by atoms with E-state index in [2.05, 4.69) is 0 Å². The molecule has 1 amide bonds. The third kappa shape index (κ3) is 6.01. The Kier molecular flexibility index (Phi) is 5.28. The Bertz CT molecular complexity index is 320. The molecule has 0 aromatic carbocycles. The van der Waals surface area contributed by atoms with E-state index in [-0.39, 0.29) is 12.3 Å². The van der Waals surface area contributed by atoms with Crippen LogP contribution in [-0.4, -0.2) is 40.9 Å². The summed E-state index contributed by atoms with van der Waals surface area (Å²) >= 11 is 0. The monoisotopic (exact) mass is 244 g/mol. The number of carbonyl (C=O) groups is 3. The lowest BCUT2D eigenvalue weighted by molar-refractivity contribution is -0.124. The van der Waals surface area contributed by atoms with Crippen LogP contribution in [0.5, 0.6) is 0 Å². The van der Waals surface area contributed by atoms with E-state index in [0.29, 0.717) is 0 Å². The quantitative estimate of drug-likeness (QED) is 0.735. The van der Waals surface area contributed by atoms with Crippen molar-refractivity contribution in [3.63, 3.8) is 0 Å². The molecule has 0 aliphatic heterocycles. The molecule has 0 bridgehead atoms. The Balaban J connectivity index is 4.86. The third-order valence-electron chi connectivity index (χ3n) is 1.77. The molecule has 6 nitrogen and oxygen atoms in total. The Morgan fingerprint density at radius 1 is 1.24 bits per heavy atom. The number of nitrogens with two attached hydrogens (primary N) is 1. The Morgan fingerprint density at radius 2 is 1.71 bits per heavy atom. The van der Waals surface area contributed by atoms with E-state index in [0.717, 1.165) is 4.90 Å². The van der Waals surface area contributed by atoms with Gasteiger partial charge in [0, 0.05) is 0 Å². The molecule has 0 rings (SSSR count). The van der Waals surface area contributed by atoms with E-state index in [1.165, 1.54) is 13.8 Å². The normalized spacial score (nSPS) is 12.8. The third-order valence-corrected chi connectivity index (χ3v) is 1.77. The number of rotatable bonds is 4. The van der Waals surface area contributed by atoms with Crippen molar-refractivity contribution in [1.82, 2.24) is 4.90 Å². The van der Waals surface area contributed by atoms with Gasteiger partial charge >= 0.3 is 6.09 Å². The van der Waals surface area contributed by atoms with Crippen molar-refractivity contribution >= 4 is 17.7 Å². The van der Waals surface area contributed by atoms with E-state index in [9.17, 15) is 14.4 Å². The Morgan fingerprint density at radius 3 is 2.00 bits per heavy atom. The first-order chi connectivity index (χ1) is 7.54. The number of amides is 1. The minimum absolute atomic E-state index is 0.240. The molecule has 0 saturated carbocycles. The first kappa shape index (κ1) is 15.6. The first-order valence-electron chi connectivity index (χ1n) is 5.29. The molecule has 0 spiro atoms. The van der Waals surface area contributed by atoms with Crippen LogP contribution in [0, 0.1) is 0 Å². The molecule has 0 aromatic rings. The SMILES string of the molecule is CC(=O)CN(C(=O)OC(C)(C)C)C(N)C(C)=O. The highest BCUT2D eigenvalue weighted by Gasteiger charge is 2.29. The lowest BCUT2D eigenvalue weighted by Gasteiger charge is -2.29. The van der Waals surface area contributed by atoms with Gasteiger partial charge in [0.2, 0.25) is 0 Å². The number of Topliss-reactive ketones (excluding diaryl/α,β-unsaturated/α-hetero) is 2. The molecular formula is C11H20N2O4. The average Bonchev–Trinajstić information content (AvgIpc) is 2.09. The van der Waals surface area contributed by atoms with Crippen LogP contribution in [0.4, 0.5) is 4.79 Å². The fourth-order valence-corrected chi connectivity index (χ4v) is 1.06. The van der Waals surface area contributed by atoms with Gasteiger partial charge in [-0.2, -0.15) is 0 Å². The molecular weight excluding hydrogens is 224 g/mol. The smallest absolute Gasteiger partial charge is 0.412 e. The highest BCUT2D eigenvalue weighted by molar-refractivity contribution is 5.88. The van der Waals surface area contributed by atoms with E-state index in [1.807, 2.05) is 0 Å². The zero-order valence-electron chi connectivity index (χ0n) is 10.9. The number of hydrogen-bond donors (Lipinski definition) is 1. The van der Waals surface area contributed by atoms with Gasteiger partial charge in [-0.1, -0.05) is 0 Å². The molecule has 0 aliphatic carbocycles. The molecule has 0 aromatic heterocycles. The van der Waals surface area contributed by atoms with Crippen LogP contribution in [0.1, 0.15) is 34.6 Å². The van der Waals surface area contributed by atoms with Crippen molar-refractivity contribution in [2.75, 3.05) is 6.54 Å². The summed E-state index contributed by atoms with van der Waals surface area (Å²) in [6.07, 6.45) is -1.93. The van der Waals surface area contributed by atoms with E-state index >= 15 is 0 Å². The first-order valence-corrected chi connectivity index (χ1v) is 5.29. The summed E-state index contributed by atoms with van der Waals surface area (Å²) in [5.41, 5.74) is 4.85. The fraction of sp³-hybridized carbons (Fsp3) is 0.727. The molecule has 2 N–H and O–H groups in total. The predicted molar refractivity (Wildman–Crippen MR) is 62.3 cm³/mol. The molecule has 0 heterocycles. The van der Waals surface area contributed by atoms with Crippen LogP contribution >= 0.6 is 0 Å². The summed E-state index contributed by atoms with van der Waals surface area (Å²) < 4.78 is 5.07. The number of hydrogen-bond acceptors (Lipinski definition) is 5. The van der Waals surface area contributed by atoms with Crippen LogP contribution in [0.15, 0.2) is 0 Å². The van der Waals surface area contributed by atoms with Crippen molar-refractivity contribution in [2.45, 2.75) is 46.4 Å². The molecule has 0 fully saturated rings. The zero-order chi connectivity index (χ0) is 13.8. The summed E-state index contributed by atoms with van der Waals surface area (Å²) in [6.45, 7) is 7.39. The Hall–Kier alpha value is -1.43. The van der Waals surface area contributed by atoms with Crippen LogP contribution in [0.3, 0.4) is 0 Å². The number of ketones is 2. The number of carbonyl (C=O) groups excluding carboxylic acids is 3. The van der Waals surface area contributed by atoms with Crippen molar-refractivity contribution < 1.29 is 19.1 Å². The van der Waals surface area contributed by atoms with Crippen molar-refractivity contribution in [1.29, 1.82) is 0 Å². The van der Waals surface area contributed by atoms with Gasteiger partial charge in [0.05, 0.1) is 6.54 Å². The second-order valence-corrected chi connectivity index (χ2v) is 4.87. The number of nitrogens with zero attached hydrogens (tertiary/aromatic N) is 1. The molecule has 1 atom stereocenters. The van der Waals surface area contributed by atoms with Gasteiger partial charge in [0.25, 0.3) is 0 Å². The summed E-state index contributed by atoms with van der Waals surface area (Å²) in [7, 11) is 0. The van der Waals surface area contributed by atoms with E-state index in [4.69, 9.17) is 10.5 Å². The fourth-order valence-electron chi connectivity index (χ4n) is 1.06. The summed E-state index contributed by atoms with van der Waals surface area (Å²) in [6, 6.07) is 0. The van der Waals surface area contributed by atoms with Gasteiger partial charge in [-0.15, -0.1) is 0 Å². The molecule has 1 unspecified atom stereocenters. The van der Waals surface area contributed by atoms with Crippen molar-refractivity contribution in [3.8, 4) is 0 Å². The molecule has 98 valence electrons. The van der Waals surface area contributed by atoms with Crippen molar-refractivity contribution in [2.24, 2.45) is 5.73 Å². The molecule has 0 radical (unpaired) electrons. The van der Waals surface area contributed by atoms with Crippen LogP contribution in [-0.2, 0) is 14.3 Å². The topological polar surface area (TPSA) is 89.7 Å². The lowest BCUT2D eigenvalue weighted by Crippen LogP contribution is -2.53. The number of ether oxygens (including phenoxy) is 1. The van der Waals surface area contributed by atoms with E-state index in [1.54, 1.807) is 20.8 Å². The van der Waals surface area contributed by atoms with Crippen LogP contribution < -0.4 is 5.73 Å². The average molecular weight is 244 g/mol. The van der Waals surface area contributed by atoms with Crippen LogP contribution in [0.25, 0.3) is 0 Å². The highest BCUT2D eigenvalue weighted by atomic mass is 16.6. The standard InChI is InChI=1S/C11H20N2O4/c1-7(14)6-13(9(12)8(2)15)10(16)17-11(3,4)5/h9H,6,12H2,1-5H3. The maximum absolute atomic E-state index is 11.8. The van der Waals surface area contributed by atoms with Gasteiger partial charge < -0.3 is 10.5 Å². The largest absolute Gasteiger partial charge is 0.444 e. The van der Waals surface area contributed by atoms with Gasteiger partial charge in [-0.05, 0) is 34.6 Å². The van der Waals surface area contributed by atoms with Gasteiger partial charge in [0.1, 0.15) is 17.6 Å². The molecule has 6 heteroatoms. The minimum Gasteiger partial charge on any atom is -0.444 e. The molecule has 17 heavy (non-hydrogen) atoms. The summed E-state index contributed by atoms with van der Waals surface area (Å²) in [5, 5.41) is 0. The summed E-state index contributed by atoms with van der Waals surface area (Å²) in [4.78, 5) is 34.9. The van der Waals surface area contributed by atoms with Crippen LogP contribution in [0.2, 0.25) is 0 Å². The molecule has 0 aliphatic rings. The van der Waals surface area contributed by atoms with Gasteiger partial charge in [-0.3, -0.25) is 14.5 Å². The highest BCUT2D eigenvalue weighted by Crippen LogP contribution is 2.11. The molecule has 0 saturated heterocycles. The second kappa shape index (κ2) is 5.77. The lowest BCUT2D eigenvalue weighted by atomic mass is 10.2. The summed E-state index contributed by atoms with van der Waals surface area (Å²) in [5.74, 6) is -0.676. The van der Waals surface area contributed by atoms with E-state index < -0.39 is 23.6 Å².